The van der Waals surface area contributed by atoms with Crippen LogP contribution in [-0.2, 0) is 14.2 Å². The second kappa shape index (κ2) is 6.80. The van der Waals surface area contributed by atoms with Crippen LogP contribution in [-0.4, -0.2) is 26.8 Å². The van der Waals surface area contributed by atoms with Gasteiger partial charge in [-0.15, -0.1) is 0 Å². The monoisotopic (exact) mass is 284 g/mol. The molecule has 0 N–H and O–H groups in total. The van der Waals surface area contributed by atoms with E-state index in [2.05, 4.69) is 0 Å². The molecule has 0 spiro atoms. The standard InChI is InChI=1S/C14H17ClO4/c1-16-14(17-2)10-7-8-18-13(9-10)19-12-5-3-11(15)4-6-12/h3-8,10,13-14H,9H2,1-2H3. The maximum atomic E-state index is 5.83. The summed E-state index contributed by atoms with van der Waals surface area (Å²) in [6.45, 7) is 0. The van der Waals surface area contributed by atoms with Gasteiger partial charge < -0.3 is 18.9 Å². The van der Waals surface area contributed by atoms with Gasteiger partial charge in [0.25, 0.3) is 0 Å². The molecule has 0 amide bonds. The summed E-state index contributed by atoms with van der Waals surface area (Å²) in [5.74, 6) is 0.816. The molecule has 0 fully saturated rings. The van der Waals surface area contributed by atoms with E-state index in [0.29, 0.717) is 11.4 Å². The molecule has 4 nitrogen and oxygen atoms in total. The Morgan fingerprint density at radius 2 is 1.89 bits per heavy atom. The van der Waals surface area contributed by atoms with Crippen LogP contribution in [0.5, 0.6) is 5.75 Å². The van der Waals surface area contributed by atoms with E-state index in [1.807, 2.05) is 18.2 Å². The van der Waals surface area contributed by atoms with Gasteiger partial charge in [-0.25, -0.2) is 0 Å². The lowest BCUT2D eigenvalue weighted by molar-refractivity contribution is -0.151. The van der Waals surface area contributed by atoms with Crippen LogP contribution in [0.25, 0.3) is 0 Å². The first kappa shape index (κ1) is 14.2. The lowest BCUT2D eigenvalue weighted by Gasteiger charge is -2.29. The molecule has 1 aliphatic rings. The van der Waals surface area contributed by atoms with Crippen LogP contribution >= 0.6 is 11.6 Å². The number of ether oxygens (including phenoxy) is 4. The molecule has 1 heterocycles. The highest BCUT2D eigenvalue weighted by molar-refractivity contribution is 6.30. The third kappa shape index (κ3) is 3.86. The highest BCUT2D eigenvalue weighted by atomic mass is 35.5. The Kier molecular flexibility index (Phi) is 5.07. The quantitative estimate of drug-likeness (QED) is 0.778. The van der Waals surface area contributed by atoms with Crippen LogP contribution in [0.1, 0.15) is 6.42 Å². The van der Waals surface area contributed by atoms with Crippen LogP contribution in [0.15, 0.2) is 36.6 Å². The first-order valence-electron chi connectivity index (χ1n) is 6.03. The van der Waals surface area contributed by atoms with Crippen LogP contribution in [0.3, 0.4) is 0 Å². The Morgan fingerprint density at radius 3 is 2.53 bits per heavy atom. The summed E-state index contributed by atoms with van der Waals surface area (Å²) in [5, 5.41) is 0.675. The van der Waals surface area contributed by atoms with Crippen LogP contribution in [0.2, 0.25) is 5.02 Å². The van der Waals surface area contributed by atoms with Gasteiger partial charge in [0.2, 0.25) is 6.29 Å². The summed E-state index contributed by atoms with van der Waals surface area (Å²) in [6.07, 6.45) is 3.55. The minimum atomic E-state index is -0.357. The van der Waals surface area contributed by atoms with Crippen molar-refractivity contribution in [3.05, 3.63) is 41.6 Å². The Hall–Kier alpha value is -1.23. The number of benzene rings is 1. The fourth-order valence-corrected chi connectivity index (χ4v) is 2.10. The van der Waals surface area contributed by atoms with E-state index in [0.717, 1.165) is 5.75 Å². The predicted octanol–water partition coefficient (Wildman–Crippen LogP) is 3.21. The fourth-order valence-electron chi connectivity index (χ4n) is 1.98. The Morgan fingerprint density at radius 1 is 1.21 bits per heavy atom. The van der Waals surface area contributed by atoms with Crippen molar-refractivity contribution in [3.8, 4) is 5.75 Å². The van der Waals surface area contributed by atoms with Crippen LogP contribution in [0, 0.1) is 5.92 Å². The molecule has 2 atom stereocenters. The number of methoxy groups -OCH3 is 2. The molecule has 2 unspecified atom stereocenters. The van der Waals surface area contributed by atoms with Crippen molar-refractivity contribution < 1.29 is 18.9 Å². The second-order valence-electron chi connectivity index (χ2n) is 4.21. The third-order valence-electron chi connectivity index (χ3n) is 2.92. The molecule has 0 bridgehead atoms. The molecule has 19 heavy (non-hydrogen) atoms. The summed E-state index contributed by atoms with van der Waals surface area (Å²) in [7, 11) is 3.24. The highest BCUT2D eigenvalue weighted by Crippen LogP contribution is 2.25. The van der Waals surface area contributed by atoms with Gasteiger partial charge in [0, 0.05) is 31.6 Å². The highest BCUT2D eigenvalue weighted by Gasteiger charge is 2.27. The van der Waals surface area contributed by atoms with Crippen molar-refractivity contribution in [2.75, 3.05) is 14.2 Å². The Balaban J connectivity index is 1.95. The lowest BCUT2D eigenvalue weighted by Crippen LogP contribution is -2.32. The van der Waals surface area contributed by atoms with Crippen molar-refractivity contribution in [3.63, 3.8) is 0 Å². The van der Waals surface area contributed by atoms with Gasteiger partial charge in [0.15, 0.2) is 6.29 Å². The van der Waals surface area contributed by atoms with E-state index < -0.39 is 0 Å². The van der Waals surface area contributed by atoms with Gasteiger partial charge in [-0.1, -0.05) is 11.6 Å². The molecule has 5 heteroatoms. The van der Waals surface area contributed by atoms with Gasteiger partial charge in [-0.3, -0.25) is 0 Å². The van der Waals surface area contributed by atoms with Crippen molar-refractivity contribution in [1.29, 1.82) is 0 Å². The molecule has 0 radical (unpaired) electrons. The second-order valence-corrected chi connectivity index (χ2v) is 4.64. The zero-order valence-corrected chi connectivity index (χ0v) is 11.7. The first-order valence-corrected chi connectivity index (χ1v) is 6.40. The summed E-state index contributed by atoms with van der Waals surface area (Å²) in [5.41, 5.74) is 0. The molecule has 104 valence electrons. The van der Waals surface area contributed by atoms with Gasteiger partial charge in [-0.05, 0) is 30.3 Å². The zero-order valence-electron chi connectivity index (χ0n) is 10.9. The topological polar surface area (TPSA) is 36.9 Å². The molecular weight excluding hydrogens is 268 g/mol. The summed E-state index contributed by atoms with van der Waals surface area (Å²) in [6, 6.07) is 7.17. The molecule has 0 aromatic heterocycles. The normalized spacial score (nSPS) is 22.3. The van der Waals surface area contributed by atoms with Crippen LogP contribution < -0.4 is 4.74 Å². The molecule has 2 rings (SSSR count). The van der Waals surface area contributed by atoms with E-state index in [1.54, 1.807) is 32.6 Å². The maximum absolute atomic E-state index is 5.83. The van der Waals surface area contributed by atoms with Gasteiger partial charge in [-0.2, -0.15) is 0 Å². The Bertz CT molecular complexity index is 414. The third-order valence-corrected chi connectivity index (χ3v) is 3.17. The fraction of sp³-hybridized carbons (Fsp3) is 0.429. The maximum Gasteiger partial charge on any atom is 0.240 e. The molecule has 1 aliphatic heterocycles. The summed E-state index contributed by atoms with van der Waals surface area (Å²) < 4.78 is 21.7. The van der Waals surface area contributed by atoms with Crippen molar-refractivity contribution in [2.45, 2.75) is 19.0 Å². The van der Waals surface area contributed by atoms with Crippen molar-refractivity contribution in [2.24, 2.45) is 5.92 Å². The van der Waals surface area contributed by atoms with E-state index in [1.165, 1.54) is 0 Å². The predicted molar refractivity (Wildman–Crippen MR) is 72.0 cm³/mol. The number of rotatable bonds is 5. The molecule has 1 aromatic carbocycles. The lowest BCUT2D eigenvalue weighted by atomic mass is 10.0. The average Bonchev–Trinajstić information content (AvgIpc) is 2.43. The van der Waals surface area contributed by atoms with E-state index in [4.69, 9.17) is 30.5 Å². The smallest absolute Gasteiger partial charge is 0.240 e. The number of halogens is 1. The average molecular weight is 285 g/mol. The molecule has 0 saturated carbocycles. The van der Waals surface area contributed by atoms with Gasteiger partial charge >= 0.3 is 0 Å². The largest absolute Gasteiger partial charge is 0.463 e. The Labute approximate surface area is 117 Å². The minimum absolute atomic E-state index is 0.0982. The SMILES string of the molecule is COC(OC)C1C=COC(Oc2ccc(Cl)cc2)C1. The molecule has 1 aromatic rings. The molecule has 0 aliphatic carbocycles. The number of hydrogen-bond acceptors (Lipinski definition) is 4. The van der Waals surface area contributed by atoms with E-state index in [9.17, 15) is 0 Å². The van der Waals surface area contributed by atoms with E-state index >= 15 is 0 Å². The number of hydrogen-bond donors (Lipinski definition) is 0. The first-order chi connectivity index (χ1) is 9.22. The summed E-state index contributed by atoms with van der Waals surface area (Å²) >= 11 is 5.83. The van der Waals surface area contributed by atoms with Crippen molar-refractivity contribution in [1.82, 2.24) is 0 Å². The van der Waals surface area contributed by atoms with Crippen molar-refractivity contribution >= 4 is 11.6 Å². The van der Waals surface area contributed by atoms with E-state index in [-0.39, 0.29) is 18.5 Å². The molecular formula is C14H17ClO4. The van der Waals surface area contributed by atoms with Gasteiger partial charge in [0.1, 0.15) is 5.75 Å². The zero-order chi connectivity index (χ0) is 13.7. The van der Waals surface area contributed by atoms with Gasteiger partial charge in [0.05, 0.1) is 6.26 Å². The van der Waals surface area contributed by atoms with Crippen LogP contribution in [0.4, 0.5) is 0 Å². The summed E-state index contributed by atoms with van der Waals surface area (Å²) in [4.78, 5) is 0. The molecule has 0 saturated heterocycles. The minimum Gasteiger partial charge on any atom is -0.463 e.